The van der Waals surface area contributed by atoms with Crippen molar-refractivity contribution in [1.82, 2.24) is 5.32 Å². The molecule has 1 atom stereocenters. The van der Waals surface area contributed by atoms with Crippen molar-refractivity contribution in [3.05, 3.63) is 59.0 Å². The third kappa shape index (κ3) is 3.62. The molecule has 2 N–H and O–H groups in total. The van der Waals surface area contributed by atoms with Gasteiger partial charge < -0.3 is 14.8 Å². The van der Waals surface area contributed by atoms with Gasteiger partial charge in [-0.25, -0.2) is 4.79 Å². The summed E-state index contributed by atoms with van der Waals surface area (Å²) in [6.07, 6.45) is 5.55. The summed E-state index contributed by atoms with van der Waals surface area (Å²) in [4.78, 5) is 23.0. The third-order valence-corrected chi connectivity index (χ3v) is 4.23. The molecule has 0 fully saturated rings. The van der Waals surface area contributed by atoms with Crippen molar-refractivity contribution < 1.29 is 19.1 Å². The lowest BCUT2D eigenvalue weighted by atomic mass is 9.93. The topological polar surface area (TPSA) is 79.5 Å². The van der Waals surface area contributed by atoms with Gasteiger partial charge in [0.25, 0.3) is 0 Å². The number of nitrogens with one attached hydrogen (secondary N) is 1. The molecular weight excluding hydrogens is 294 g/mol. The number of furan rings is 1. The zero-order valence-electron chi connectivity index (χ0n) is 12.7. The van der Waals surface area contributed by atoms with Gasteiger partial charge in [0.05, 0.1) is 17.9 Å². The van der Waals surface area contributed by atoms with E-state index in [1.54, 1.807) is 30.5 Å². The number of hydrogen-bond acceptors (Lipinski definition) is 3. The first-order valence-electron chi connectivity index (χ1n) is 7.81. The first-order valence-corrected chi connectivity index (χ1v) is 7.81. The Labute approximate surface area is 134 Å². The maximum Gasteiger partial charge on any atom is 0.335 e. The molecule has 0 saturated carbocycles. The first kappa shape index (κ1) is 15.3. The molecule has 2 aromatic rings. The van der Waals surface area contributed by atoms with Gasteiger partial charge in [-0.15, -0.1) is 0 Å². The van der Waals surface area contributed by atoms with Crippen molar-refractivity contribution in [3.63, 3.8) is 0 Å². The molecule has 1 amide bonds. The Morgan fingerprint density at radius 1 is 1.22 bits per heavy atom. The number of carbonyl (C=O) groups excluding carboxylic acids is 1. The highest BCUT2D eigenvalue weighted by Crippen LogP contribution is 2.30. The average molecular weight is 313 g/mol. The van der Waals surface area contributed by atoms with Crippen molar-refractivity contribution in [2.24, 2.45) is 0 Å². The summed E-state index contributed by atoms with van der Waals surface area (Å²) < 4.78 is 5.43. The van der Waals surface area contributed by atoms with Crippen LogP contribution in [0, 0.1) is 0 Å². The Hall–Kier alpha value is -2.56. The number of aryl methyl sites for hydroxylation is 2. The molecule has 1 aromatic heterocycles. The Morgan fingerprint density at radius 3 is 2.74 bits per heavy atom. The van der Waals surface area contributed by atoms with Crippen molar-refractivity contribution >= 4 is 11.9 Å². The van der Waals surface area contributed by atoms with E-state index in [1.807, 2.05) is 6.07 Å². The number of rotatable bonds is 5. The highest BCUT2D eigenvalue weighted by molar-refractivity contribution is 5.87. The fourth-order valence-corrected chi connectivity index (χ4v) is 2.97. The molecule has 0 saturated heterocycles. The van der Waals surface area contributed by atoms with Crippen LogP contribution in [0.25, 0.3) is 0 Å². The van der Waals surface area contributed by atoms with Crippen LogP contribution in [0.3, 0.4) is 0 Å². The zero-order valence-corrected chi connectivity index (χ0v) is 12.7. The van der Waals surface area contributed by atoms with Crippen LogP contribution in [0.2, 0.25) is 0 Å². The number of amides is 1. The minimum Gasteiger partial charge on any atom is -0.478 e. The second-order valence-electron chi connectivity index (χ2n) is 5.81. The molecule has 0 aliphatic heterocycles. The summed E-state index contributed by atoms with van der Waals surface area (Å²) in [7, 11) is 0. The van der Waals surface area contributed by atoms with Gasteiger partial charge in [-0.2, -0.15) is 0 Å². The van der Waals surface area contributed by atoms with Crippen LogP contribution in [0.1, 0.15) is 52.5 Å². The normalized spacial score (nSPS) is 16.6. The number of carboxylic acids is 1. The molecule has 3 rings (SSSR count). The molecule has 0 radical (unpaired) electrons. The fraction of sp³-hybridized carbons (Fsp3) is 0.333. The molecule has 1 aromatic carbocycles. The number of hydrogen-bond donors (Lipinski definition) is 2. The van der Waals surface area contributed by atoms with E-state index in [-0.39, 0.29) is 17.5 Å². The van der Waals surface area contributed by atoms with E-state index in [1.165, 1.54) is 0 Å². The number of aromatic carboxylic acids is 1. The molecule has 23 heavy (non-hydrogen) atoms. The molecule has 0 bridgehead atoms. The summed E-state index contributed by atoms with van der Waals surface area (Å²) >= 11 is 0. The predicted octanol–water partition coefficient (Wildman–Crippen LogP) is 3.10. The number of carbonyl (C=O) groups is 2. The van der Waals surface area contributed by atoms with Gasteiger partial charge >= 0.3 is 5.97 Å². The van der Waals surface area contributed by atoms with E-state index in [4.69, 9.17) is 9.52 Å². The SMILES string of the molecule is O=C(CCc1ccc(C(=O)O)cc1)N[C@@H]1CCCc2occc21. The lowest BCUT2D eigenvalue weighted by Gasteiger charge is -2.22. The van der Waals surface area contributed by atoms with Gasteiger partial charge in [-0.05, 0) is 43.0 Å². The van der Waals surface area contributed by atoms with Crippen molar-refractivity contribution in [1.29, 1.82) is 0 Å². The highest BCUT2D eigenvalue weighted by Gasteiger charge is 2.23. The molecule has 0 unspecified atom stereocenters. The van der Waals surface area contributed by atoms with E-state index in [9.17, 15) is 9.59 Å². The average Bonchev–Trinajstić information content (AvgIpc) is 3.03. The molecule has 0 spiro atoms. The van der Waals surface area contributed by atoms with Crippen molar-refractivity contribution in [2.45, 2.75) is 38.1 Å². The van der Waals surface area contributed by atoms with E-state index < -0.39 is 5.97 Å². The molecular formula is C18H19NO4. The van der Waals surface area contributed by atoms with E-state index in [2.05, 4.69) is 5.32 Å². The quantitative estimate of drug-likeness (QED) is 0.889. The highest BCUT2D eigenvalue weighted by atomic mass is 16.4. The Kier molecular flexibility index (Phi) is 4.46. The zero-order chi connectivity index (χ0) is 16.2. The molecule has 120 valence electrons. The molecule has 1 aliphatic carbocycles. The number of benzene rings is 1. The molecule has 1 heterocycles. The Balaban J connectivity index is 1.53. The summed E-state index contributed by atoms with van der Waals surface area (Å²) in [6, 6.07) is 8.61. The fourth-order valence-electron chi connectivity index (χ4n) is 2.97. The van der Waals surface area contributed by atoms with Crippen LogP contribution in [-0.2, 0) is 17.6 Å². The van der Waals surface area contributed by atoms with Gasteiger partial charge in [0, 0.05) is 18.4 Å². The van der Waals surface area contributed by atoms with Gasteiger partial charge in [0.15, 0.2) is 0 Å². The number of carboxylic acid groups (broad SMARTS) is 1. The maximum absolute atomic E-state index is 12.2. The summed E-state index contributed by atoms with van der Waals surface area (Å²) in [5, 5.41) is 11.9. The lowest BCUT2D eigenvalue weighted by molar-refractivity contribution is -0.121. The first-order chi connectivity index (χ1) is 11.1. The summed E-state index contributed by atoms with van der Waals surface area (Å²) in [5.74, 6) is 0.0414. The smallest absolute Gasteiger partial charge is 0.335 e. The van der Waals surface area contributed by atoms with Crippen LogP contribution < -0.4 is 5.32 Å². The van der Waals surface area contributed by atoms with Gasteiger partial charge in [0.2, 0.25) is 5.91 Å². The second-order valence-corrected chi connectivity index (χ2v) is 5.81. The van der Waals surface area contributed by atoms with Crippen molar-refractivity contribution in [2.75, 3.05) is 0 Å². The van der Waals surface area contributed by atoms with E-state index in [0.29, 0.717) is 12.8 Å². The van der Waals surface area contributed by atoms with Gasteiger partial charge in [0.1, 0.15) is 5.76 Å². The number of fused-ring (bicyclic) bond motifs is 1. The van der Waals surface area contributed by atoms with Crippen LogP contribution in [0.15, 0.2) is 41.0 Å². The molecule has 5 heteroatoms. The Morgan fingerprint density at radius 2 is 2.00 bits per heavy atom. The molecule has 5 nitrogen and oxygen atoms in total. The predicted molar refractivity (Wildman–Crippen MR) is 84.3 cm³/mol. The molecule has 1 aliphatic rings. The standard InChI is InChI=1S/C18H19NO4/c20-17(9-6-12-4-7-13(8-5-12)18(21)22)19-15-2-1-3-16-14(15)10-11-23-16/h4-5,7-8,10-11,15H,1-3,6,9H2,(H,19,20)(H,21,22)/t15-/m1/s1. The van der Waals surface area contributed by atoms with Crippen LogP contribution in [-0.4, -0.2) is 17.0 Å². The lowest BCUT2D eigenvalue weighted by Crippen LogP contribution is -2.30. The largest absolute Gasteiger partial charge is 0.478 e. The summed E-state index contributed by atoms with van der Waals surface area (Å²) in [6.45, 7) is 0. The van der Waals surface area contributed by atoms with Crippen molar-refractivity contribution in [3.8, 4) is 0 Å². The summed E-state index contributed by atoms with van der Waals surface area (Å²) in [5.41, 5.74) is 2.31. The minimum atomic E-state index is -0.942. The minimum absolute atomic E-state index is 0.00589. The van der Waals surface area contributed by atoms with E-state index >= 15 is 0 Å². The van der Waals surface area contributed by atoms with Crippen LogP contribution in [0.4, 0.5) is 0 Å². The van der Waals surface area contributed by atoms with Gasteiger partial charge in [-0.1, -0.05) is 12.1 Å². The second kappa shape index (κ2) is 6.69. The Bertz CT molecular complexity index is 702. The van der Waals surface area contributed by atoms with Gasteiger partial charge in [-0.3, -0.25) is 4.79 Å². The maximum atomic E-state index is 12.2. The third-order valence-electron chi connectivity index (χ3n) is 4.23. The van der Waals surface area contributed by atoms with Crippen LogP contribution >= 0.6 is 0 Å². The monoisotopic (exact) mass is 313 g/mol. The van der Waals surface area contributed by atoms with Crippen LogP contribution in [0.5, 0.6) is 0 Å². The van der Waals surface area contributed by atoms with E-state index in [0.717, 1.165) is 36.1 Å².